The number of hydrogen-bond donors (Lipinski definition) is 1. The number of amides is 1. The van der Waals surface area contributed by atoms with Gasteiger partial charge in [0.05, 0.1) is 0 Å². The Bertz CT molecular complexity index is 242. The van der Waals surface area contributed by atoms with E-state index in [0.717, 1.165) is 26.1 Å². The smallest absolute Gasteiger partial charge is 0.410 e. The van der Waals surface area contributed by atoms with Gasteiger partial charge in [0.1, 0.15) is 5.60 Å². The molecule has 16 heavy (non-hydrogen) atoms. The van der Waals surface area contributed by atoms with Crippen LogP contribution in [0.5, 0.6) is 0 Å². The summed E-state index contributed by atoms with van der Waals surface area (Å²) in [7, 11) is 0. The summed E-state index contributed by atoms with van der Waals surface area (Å²) in [6.07, 6.45) is 0.916. The number of carbonyl (C=O) groups is 1. The molecule has 4 nitrogen and oxygen atoms in total. The standard InChI is InChI=1S/C12H24N2O2/c1-9(6-13)5-10-7-14(8-10)11(15)16-12(2,3)4/h9-10H,5-8,13H2,1-4H3. The summed E-state index contributed by atoms with van der Waals surface area (Å²) in [6.45, 7) is 10.2. The fourth-order valence-electron chi connectivity index (χ4n) is 1.86. The summed E-state index contributed by atoms with van der Waals surface area (Å²) in [5, 5.41) is 0. The second kappa shape index (κ2) is 5.04. The quantitative estimate of drug-likeness (QED) is 0.802. The molecule has 0 aromatic rings. The van der Waals surface area contributed by atoms with Crippen LogP contribution in [0.3, 0.4) is 0 Å². The van der Waals surface area contributed by atoms with E-state index in [-0.39, 0.29) is 6.09 Å². The van der Waals surface area contributed by atoms with E-state index in [2.05, 4.69) is 6.92 Å². The summed E-state index contributed by atoms with van der Waals surface area (Å²) >= 11 is 0. The first-order valence-electron chi connectivity index (χ1n) is 6.00. The number of carbonyl (C=O) groups excluding carboxylic acids is 1. The summed E-state index contributed by atoms with van der Waals surface area (Å²) in [5.41, 5.74) is 5.18. The van der Waals surface area contributed by atoms with Crippen molar-refractivity contribution in [2.45, 2.75) is 39.7 Å². The van der Waals surface area contributed by atoms with Crippen LogP contribution in [0.25, 0.3) is 0 Å². The Hall–Kier alpha value is -0.770. The van der Waals surface area contributed by atoms with Crippen LogP contribution in [0.15, 0.2) is 0 Å². The van der Waals surface area contributed by atoms with E-state index in [9.17, 15) is 4.79 Å². The van der Waals surface area contributed by atoms with Gasteiger partial charge in [0.25, 0.3) is 0 Å². The second-order valence-electron chi connectivity index (χ2n) is 5.83. The number of hydrogen-bond acceptors (Lipinski definition) is 3. The lowest BCUT2D eigenvalue weighted by atomic mass is 9.90. The average Bonchev–Trinajstić information content (AvgIpc) is 2.06. The van der Waals surface area contributed by atoms with Crippen LogP contribution >= 0.6 is 0 Å². The summed E-state index contributed by atoms with van der Waals surface area (Å²) in [6, 6.07) is 0. The molecule has 1 rings (SSSR count). The molecule has 1 atom stereocenters. The minimum Gasteiger partial charge on any atom is -0.444 e. The first kappa shape index (κ1) is 13.3. The molecule has 0 aliphatic carbocycles. The molecular weight excluding hydrogens is 204 g/mol. The van der Waals surface area contributed by atoms with Gasteiger partial charge in [-0.05, 0) is 45.6 Å². The van der Waals surface area contributed by atoms with Crippen molar-refractivity contribution in [2.75, 3.05) is 19.6 Å². The minimum absolute atomic E-state index is 0.191. The van der Waals surface area contributed by atoms with E-state index in [0.29, 0.717) is 11.8 Å². The Kier molecular flexibility index (Phi) is 4.19. The molecule has 1 unspecified atom stereocenters. The molecule has 1 amide bonds. The highest BCUT2D eigenvalue weighted by Crippen LogP contribution is 2.24. The number of nitrogens with zero attached hydrogens (tertiary/aromatic N) is 1. The van der Waals surface area contributed by atoms with Crippen LogP contribution in [0, 0.1) is 11.8 Å². The van der Waals surface area contributed by atoms with Crippen LogP contribution in [0.2, 0.25) is 0 Å². The largest absolute Gasteiger partial charge is 0.444 e. The lowest BCUT2D eigenvalue weighted by Gasteiger charge is -2.40. The Morgan fingerprint density at radius 2 is 2.06 bits per heavy atom. The molecule has 1 aliphatic heterocycles. The normalized spacial score (nSPS) is 19.2. The second-order valence-corrected chi connectivity index (χ2v) is 5.83. The van der Waals surface area contributed by atoms with Crippen LogP contribution in [0.1, 0.15) is 34.1 Å². The molecule has 2 N–H and O–H groups in total. The van der Waals surface area contributed by atoms with Gasteiger partial charge < -0.3 is 15.4 Å². The number of nitrogens with two attached hydrogens (primary N) is 1. The van der Waals surface area contributed by atoms with Crippen molar-refractivity contribution in [1.29, 1.82) is 0 Å². The molecule has 94 valence electrons. The van der Waals surface area contributed by atoms with Crippen molar-refractivity contribution in [1.82, 2.24) is 4.90 Å². The van der Waals surface area contributed by atoms with Gasteiger partial charge in [0.15, 0.2) is 0 Å². The summed E-state index contributed by atoms with van der Waals surface area (Å²) in [4.78, 5) is 13.4. The van der Waals surface area contributed by atoms with Crippen LogP contribution in [0.4, 0.5) is 4.79 Å². The van der Waals surface area contributed by atoms with Crippen molar-refractivity contribution in [3.8, 4) is 0 Å². The summed E-state index contributed by atoms with van der Waals surface area (Å²) in [5.74, 6) is 1.15. The van der Waals surface area contributed by atoms with Gasteiger partial charge in [-0.1, -0.05) is 6.92 Å². The first-order valence-corrected chi connectivity index (χ1v) is 6.00. The number of rotatable bonds is 3. The van der Waals surface area contributed by atoms with Crippen molar-refractivity contribution >= 4 is 6.09 Å². The topological polar surface area (TPSA) is 55.6 Å². The van der Waals surface area contributed by atoms with Gasteiger partial charge in [0.2, 0.25) is 0 Å². The molecule has 1 saturated heterocycles. The zero-order chi connectivity index (χ0) is 12.3. The molecule has 0 aromatic carbocycles. The fraction of sp³-hybridized carbons (Fsp3) is 0.917. The molecule has 0 spiro atoms. The predicted octanol–water partition coefficient (Wildman–Crippen LogP) is 1.84. The van der Waals surface area contributed by atoms with Crippen molar-refractivity contribution < 1.29 is 9.53 Å². The zero-order valence-electron chi connectivity index (χ0n) is 10.8. The lowest BCUT2D eigenvalue weighted by Crippen LogP contribution is -2.52. The van der Waals surface area contributed by atoms with E-state index in [1.54, 1.807) is 4.90 Å². The third kappa shape index (κ3) is 4.00. The molecule has 4 heteroatoms. The molecule has 0 radical (unpaired) electrons. The highest BCUT2D eigenvalue weighted by Gasteiger charge is 2.33. The molecule has 1 aliphatic rings. The molecule has 0 saturated carbocycles. The fourth-order valence-corrected chi connectivity index (χ4v) is 1.86. The van der Waals surface area contributed by atoms with Crippen molar-refractivity contribution in [2.24, 2.45) is 17.6 Å². The Morgan fingerprint density at radius 1 is 1.50 bits per heavy atom. The van der Waals surface area contributed by atoms with E-state index in [1.807, 2.05) is 20.8 Å². The number of likely N-dealkylation sites (tertiary alicyclic amines) is 1. The zero-order valence-corrected chi connectivity index (χ0v) is 10.8. The van der Waals surface area contributed by atoms with Crippen molar-refractivity contribution in [3.63, 3.8) is 0 Å². The van der Waals surface area contributed by atoms with E-state index in [1.165, 1.54) is 0 Å². The highest BCUT2D eigenvalue weighted by atomic mass is 16.6. The summed E-state index contributed by atoms with van der Waals surface area (Å²) < 4.78 is 5.28. The van der Waals surface area contributed by atoms with Gasteiger partial charge in [0, 0.05) is 13.1 Å². The Morgan fingerprint density at radius 3 is 2.50 bits per heavy atom. The maximum Gasteiger partial charge on any atom is 0.410 e. The SMILES string of the molecule is CC(CN)CC1CN(C(=O)OC(C)(C)C)C1. The van der Waals surface area contributed by atoms with Crippen molar-refractivity contribution in [3.05, 3.63) is 0 Å². The Balaban J connectivity index is 2.23. The predicted molar refractivity (Wildman–Crippen MR) is 64.1 cm³/mol. The van der Waals surface area contributed by atoms with Crippen LogP contribution < -0.4 is 5.73 Å². The lowest BCUT2D eigenvalue weighted by molar-refractivity contribution is -0.00396. The van der Waals surface area contributed by atoms with Gasteiger partial charge in [-0.25, -0.2) is 4.79 Å². The maximum atomic E-state index is 11.6. The number of ether oxygens (including phenoxy) is 1. The van der Waals surface area contributed by atoms with Gasteiger partial charge >= 0.3 is 6.09 Å². The maximum absolute atomic E-state index is 11.6. The van der Waals surface area contributed by atoms with E-state index in [4.69, 9.17) is 10.5 Å². The molecule has 1 heterocycles. The third-order valence-electron chi connectivity index (χ3n) is 2.75. The van der Waals surface area contributed by atoms with Crippen LogP contribution in [-0.2, 0) is 4.74 Å². The monoisotopic (exact) mass is 228 g/mol. The van der Waals surface area contributed by atoms with Gasteiger partial charge in [-0.15, -0.1) is 0 Å². The Labute approximate surface area is 98.1 Å². The highest BCUT2D eigenvalue weighted by molar-refractivity contribution is 5.69. The van der Waals surface area contributed by atoms with Crippen LogP contribution in [-0.4, -0.2) is 36.2 Å². The minimum atomic E-state index is -0.396. The van der Waals surface area contributed by atoms with E-state index >= 15 is 0 Å². The van der Waals surface area contributed by atoms with Gasteiger partial charge in [-0.3, -0.25) is 0 Å². The molecule has 0 aromatic heterocycles. The van der Waals surface area contributed by atoms with Gasteiger partial charge in [-0.2, -0.15) is 0 Å². The average molecular weight is 228 g/mol. The molecular formula is C12H24N2O2. The molecule has 1 fully saturated rings. The third-order valence-corrected chi connectivity index (χ3v) is 2.75. The molecule has 0 bridgehead atoms. The first-order chi connectivity index (χ1) is 7.31. The van der Waals surface area contributed by atoms with E-state index < -0.39 is 5.60 Å².